The number of carbonyl (C=O) groups excluding carboxylic acids is 1. The molecule has 1 rings (SSSR count). The molecule has 1 fully saturated rings. The lowest BCUT2D eigenvalue weighted by Crippen LogP contribution is -2.24. The quantitative estimate of drug-likeness (QED) is 0.700. The first-order valence-electron chi connectivity index (χ1n) is 4.93. The molecule has 0 aromatic heterocycles. The SMILES string of the molecule is COC(=O)CC1CCCC(C(=O)O)C1. The molecule has 0 amide bonds. The second-order valence-electron chi connectivity index (χ2n) is 3.85. The van der Waals surface area contributed by atoms with Crippen LogP contribution in [0.2, 0.25) is 0 Å². The van der Waals surface area contributed by atoms with Crippen molar-refractivity contribution in [1.82, 2.24) is 0 Å². The molecule has 4 heteroatoms. The normalized spacial score (nSPS) is 26.9. The number of carboxylic acids is 1. The van der Waals surface area contributed by atoms with Gasteiger partial charge in [0.2, 0.25) is 0 Å². The van der Waals surface area contributed by atoms with Crippen LogP contribution in [0, 0.1) is 11.8 Å². The molecule has 1 N–H and O–H groups in total. The second kappa shape index (κ2) is 4.98. The molecule has 80 valence electrons. The number of esters is 1. The molecule has 0 radical (unpaired) electrons. The van der Waals surface area contributed by atoms with E-state index < -0.39 is 5.97 Å². The summed E-state index contributed by atoms with van der Waals surface area (Å²) in [4.78, 5) is 21.7. The van der Waals surface area contributed by atoms with Crippen LogP contribution in [-0.4, -0.2) is 24.2 Å². The summed E-state index contributed by atoms with van der Waals surface area (Å²) < 4.78 is 4.56. The Balaban J connectivity index is 2.40. The topological polar surface area (TPSA) is 63.6 Å². The molecule has 1 aliphatic carbocycles. The highest BCUT2D eigenvalue weighted by atomic mass is 16.5. The van der Waals surface area contributed by atoms with Gasteiger partial charge >= 0.3 is 11.9 Å². The van der Waals surface area contributed by atoms with Gasteiger partial charge in [0.15, 0.2) is 0 Å². The van der Waals surface area contributed by atoms with Crippen molar-refractivity contribution in [3.05, 3.63) is 0 Å². The van der Waals surface area contributed by atoms with Crippen LogP contribution >= 0.6 is 0 Å². The summed E-state index contributed by atoms with van der Waals surface area (Å²) >= 11 is 0. The van der Waals surface area contributed by atoms with Gasteiger partial charge in [0.25, 0.3) is 0 Å². The maximum atomic E-state index is 11.0. The van der Waals surface area contributed by atoms with Crippen molar-refractivity contribution in [2.75, 3.05) is 7.11 Å². The zero-order valence-electron chi connectivity index (χ0n) is 8.36. The standard InChI is InChI=1S/C10H16O4/c1-14-9(11)6-7-3-2-4-8(5-7)10(12)13/h7-8H,2-6H2,1H3,(H,12,13). The van der Waals surface area contributed by atoms with E-state index in [0.717, 1.165) is 19.3 Å². The minimum atomic E-state index is -0.737. The molecule has 0 spiro atoms. The zero-order valence-corrected chi connectivity index (χ0v) is 8.36. The highest BCUT2D eigenvalue weighted by molar-refractivity contribution is 5.71. The van der Waals surface area contributed by atoms with Gasteiger partial charge in [-0.25, -0.2) is 0 Å². The summed E-state index contributed by atoms with van der Waals surface area (Å²) in [5, 5.41) is 8.83. The summed E-state index contributed by atoms with van der Waals surface area (Å²) in [6.07, 6.45) is 3.56. The van der Waals surface area contributed by atoms with Crippen LogP contribution in [0.4, 0.5) is 0 Å². The summed E-state index contributed by atoms with van der Waals surface area (Å²) in [6, 6.07) is 0. The third-order valence-electron chi connectivity index (χ3n) is 2.82. The lowest BCUT2D eigenvalue weighted by molar-refractivity contribution is -0.146. The number of rotatable bonds is 3. The van der Waals surface area contributed by atoms with Crippen molar-refractivity contribution >= 4 is 11.9 Å². The Morgan fingerprint density at radius 2 is 2.14 bits per heavy atom. The Morgan fingerprint density at radius 1 is 1.43 bits per heavy atom. The van der Waals surface area contributed by atoms with E-state index in [-0.39, 0.29) is 17.8 Å². The van der Waals surface area contributed by atoms with Gasteiger partial charge in [-0.3, -0.25) is 9.59 Å². The van der Waals surface area contributed by atoms with Crippen LogP contribution in [0.1, 0.15) is 32.1 Å². The van der Waals surface area contributed by atoms with Gasteiger partial charge in [0.1, 0.15) is 0 Å². The first-order valence-corrected chi connectivity index (χ1v) is 4.93. The number of hydrogen-bond acceptors (Lipinski definition) is 3. The van der Waals surface area contributed by atoms with E-state index in [0.29, 0.717) is 12.8 Å². The summed E-state index contributed by atoms with van der Waals surface area (Å²) in [6.45, 7) is 0. The van der Waals surface area contributed by atoms with Crippen molar-refractivity contribution in [1.29, 1.82) is 0 Å². The number of carbonyl (C=O) groups is 2. The molecular formula is C10H16O4. The smallest absolute Gasteiger partial charge is 0.306 e. The van der Waals surface area contributed by atoms with Crippen molar-refractivity contribution in [2.45, 2.75) is 32.1 Å². The van der Waals surface area contributed by atoms with Crippen LogP contribution in [0.15, 0.2) is 0 Å². The van der Waals surface area contributed by atoms with E-state index in [2.05, 4.69) is 4.74 Å². The van der Waals surface area contributed by atoms with Crippen LogP contribution in [0.25, 0.3) is 0 Å². The van der Waals surface area contributed by atoms with E-state index >= 15 is 0 Å². The molecule has 0 heterocycles. The highest BCUT2D eigenvalue weighted by Crippen LogP contribution is 2.31. The maximum Gasteiger partial charge on any atom is 0.306 e. The Labute approximate surface area is 83.2 Å². The van der Waals surface area contributed by atoms with Gasteiger partial charge in [-0.1, -0.05) is 6.42 Å². The molecular weight excluding hydrogens is 184 g/mol. The fourth-order valence-corrected chi connectivity index (χ4v) is 2.02. The number of methoxy groups -OCH3 is 1. The molecule has 1 aliphatic rings. The first kappa shape index (κ1) is 11.0. The Morgan fingerprint density at radius 3 is 2.71 bits per heavy atom. The Kier molecular flexibility index (Phi) is 3.92. The van der Waals surface area contributed by atoms with E-state index in [4.69, 9.17) is 5.11 Å². The van der Waals surface area contributed by atoms with Crippen LogP contribution in [0.3, 0.4) is 0 Å². The van der Waals surface area contributed by atoms with E-state index in [9.17, 15) is 9.59 Å². The highest BCUT2D eigenvalue weighted by Gasteiger charge is 2.28. The summed E-state index contributed by atoms with van der Waals surface area (Å²) in [5.74, 6) is -1.05. The number of hydrogen-bond donors (Lipinski definition) is 1. The maximum absolute atomic E-state index is 11.0. The molecule has 0 aromatic carbocycles. The van der Waals surface area contributed by atoms with E-state index in [1.54, 1.807) is 0 Å². The average Bonchev–Trinajstić information content (AvgIpc) is 2.18. The molecule has 4 nitrogen and oxygen atoms in total. The molecule has 0 saturated heterocycles. The van der Waals surface area contributed by atoms with Gasteiger partial charge in [-0.15, -0.1) is 0 Å². The van der Waals surface area contributed by atoms with Gasteiger partial charge in [-0.2, -0.15) is 0 Å². The van der Waals surface area contributed by atoms with Gasteiger partial charge in [-0.05, 0) is 25.2 Å². The fourth-order valence-electron chi connectivity index (χ4n) is 2.02. The second-order valence-corrected chi connectivity index (χ2v) is 3.85. The monoisotopic (exact) mass is 200 g/mol. The third kappa shape index (κ3) is 3.01. The number of carboxylic acid groups (broad SMARTS) is 1. The molecule has 0 aliphatic heterocycles. The molecule has 2 atom stereocenters. The molecule has 0 bridgehead atoms. The van der Waals surface area contributed by atoms with Gasteiger partial charge in [0, 0.05) is 6.42 Å². The number of aliphatic carboxylic acids is 1. The van der Waals surface area contributed by atoms with Crippen molar-refractivity contribution in [3.63, 3.8) is 0 Å². The Bertz CT molecular complexity index is 224. The average molecular weight is 200 g/mol. The lowest BCUT2D eigenvalue weighted by atomic mass is 9.80. The van der Waals surface area contributed by atoms with Crippen molar-refractivity contribution in [3.8, 4) is 0 Å². The molecule has 1 saturated carbocycles. The van der Waals surface area contributed by atoms with Crippen LogP contribution in [-0.2, 0) is 14.3 Å². The van der Waals surface area contributed by atoms with Gasteiger partial charge < -0.3 is 9.84 Å². The van der Waals surface area contributed by atoms with Crippen LogP contribution < -0.4 is 0 Å². The number of ether oxygens (including phenoxy) is 1. The minimum Gasteiger partial charge on any atom is -0.481 e. The summed E-state index contributed by atoms with van der Waals surface area (Å²) in [5.41, 5.74) is 0. The van der Waals surface area contributed by atoms with Crippen LogP contribution in [0.5, 0.6) is 0 Å². The molecule has 0 aromatic rings. The zero-order chi connectivity index (χ0) is 10.6. The third-order valence-corrected chi connectivity index (χ3v) is 2.82. The molecule has 14 heavy (non-hydrogen) atoms. The predicted octanol–water partition coefficient (Wildman–Crippen LogP) is 1.44. The predicted molar refractivity (Wildman–Crippen MR) is 49.7 cm³/mol. The summed E-state index contributed by atoms with van der Waals surface area (Å²) in [7, 11) is 1.36. The van der Waals surface area contributed by atoms with Crippen molar-refractivity contribution in [2.24, 2.45) is 11.8 Å². The lowest BCUT2D eigenvalue weighted by Gasteiger charge is -2.25. The van der Waals surface area contributed by atoms with Gasteiger partial charge in [0.05, 0.1) is 13.0 Å². The van der Waals surface area contributed by atoms with E-state index in [1.807, 2.05) is 0 Å². The van der Waals surface area contributed by atoms with E-state index in [1.165, 1.54) is 7.11 Å². The minimum absolute atomic E-state index is 0.192. The fraction of sp³-hybridized carbons (Fsp3) is 0.800. The first-order chi connectivity index (χ1) is 6.63. The Hall–Kier alpha value is -1.06. The molecule has 2 unspecified atom stereocenters. The largest absolute Gasteiger partial charge is 0.481 e. The van der Waals surface area contributed by atoms with Crippen molar-refractivity contribution < 1.29 is 19.4 Å².